The van der Waals surface area contributed by atoms with E-state index in [1.807, 2.05) is 36.5 Å². The van der Waals surface area contributed by atoms with Gasteiger partial charge in [-0.1, -0.05) is 4.98 Å². The van der Waals surface area contributed by atoms with Gasteiger partial charge in [0.1, 0.15) is 6.61 Å². The quantitative estimate of drug-likeness (QED) is 0.539. The molecule has 2 aromatic heterocycles. The fourth-order valence-electron chi connectivity index (χ4n) is 2.74. The van der Waals surface area contributed by atoms with Crippen molar-refractivity contribution in [2.45, 2.75) is 18.9 Å². The predicted octanol–water partition coefficient (Wildman–Crippen LogP) is 1.65. The van der Waals surface area contributed by atoms with E-state index in [4.69, 9.17) is 5.11 Å². The number of anilines is 4. The molecule has 0 saturated heterocycles. The highest BCUT2D eigenvalue weighted by molar-refractivity contribution is 5.93. The molecule has 3 aromatic rings. The van der Waals surface area contributed by atoms with E-state index in [0.29, 0.717) is 17.7 Å². The summed E-state index contributed by atoms with van der Waals surface area (Å²) in [5.74, 6) is 1.22. The zero-order chi connectivity index (χ0) is 18.1. The molecular weight excluding hydrogens is 332 g/mol. The van der Waals surface area contributed by atoms with E-state index in [9.17, 15) is 4.79 Å². The van der Waals surface area contributed by atoms with Crippen LogP contribution in [-0.4, -0.2) is 40.7 Å². The molecule has 0 bridgehead atoms. The number of rotatable bonds is 6. The van der Waals surface area contributed by atoms with Crippen molar-refractivity contribution in [3.05, 3.63) is 36.5 Å². The highest BCUT2D eigenvalue weighted by atomic mass is 16.3. The van der Waals surface area contributed by atoms with E-state index >= 15 is 0 Å². The lowest BCUT2D eigenvalue weighted by Crippen LogP contribution is -2.28. The summed E-state index contributed by atoms with van der Waals surface area (Å²) in [5.41, 5.74) is 2.35. The van der Waals surface area contributed by atoms with E-state index in [0.717, 1.165) is 22.5 Å². The van der Waals surface area contributed by atoms with Crippen LogP contribution in [0.25, 0.3) is 11.0 Å². The highest BCUT2D eigenvalue weighted by Gasteiger charge is 2.26. The molecule has 0 spiro atoms. The summed E-state index contributed by atoms with van der Waals surface area (Å²) in [7, 11) is 1.63. The van der Waals surface area contributed by atoms with Gasteiger partial charge in [-0.05, 0) is 43.2 Å². The van der Waals surface area contributed by atoms with Crippen LogP contribution in [0.2, 0.25) is 0 Å². The van der Waals surface area contributed by atoms with Crippen molar-refractivity contribution in [1.82, 2.24) is 9.97 Å². The van der Waals surface area contributed by atoms with E-state index in [1.54, 1.807) is 7.05 Å². The molecule has 5 N–H and O–H groups in total. The molecule has 0 radical (unpaired) electrons. The van der Waals surface area contributed by atoms with Crippen LogP contribution in [0.1, 0.15) is 12.8 Å². The van der Waals surface area contributed by atoms with Gasteiger partial charge in [0.15, 0.2) is 0 Å². The Labute approximate surface area is 150 Å². The molecule has 1 fully saturated rings. The van der Waals surface area contributed by atoms with Crippen LogP contribution >= 0.6 is 0 Å². The molecule has 1 saturated carbocycles. The highest BCUT2D eigenvalue weighted by Crippen LogP contribution is 2.27. The molecule has 8 nitrogen and oxygen atoms in total. The summed E-state index contributed by atoms with van der Waals surface area (Å²) in [5, 5.41) is 16.7. The molecule has 4 rings (SSSR count). The van der Waals surface area contributed by atoms with Gasteiger partial charge in [-0.15, -0.1) is 0 Å². The largest absolute Gasteiger partial charge is 0.387 e. The third-order valence-corrected chi connectivity index (χ3v) is 4.41. The first-order valence-electron chi connectivity index (χ1n) is 8.55. The Hall–Kier alpha value is -3.13. The van der Waals surface area contributed by atoms with Crippen LogP contribution in [0.15, 0.2) is 36.5 Å². The number of carbonyl (C=O) groups excluding carboxylic acids is 1. The third-order valence-electron chi connectivity index (χ3n) is 4.41. The number of aliphatic hydroxyl groups is 1. The van der Waals surface area contributed by atoms with Crippen molar-refractivity contribution in [2.24, 2.45) is 0 Å². The van der Waals surface area contributed by atoms with E-state index in [-0.39, 0.29) is 5.91 Å². The number of nitrogens with one attached hydrogen (secondary N) is 4. The van der Waals surface area contributed by atoms with Gasteiger partial charge in [-0.25, -0.2) is 4.98 Å². The summed E-state index contributed by atoms with van der Waals surface area (Å²) < 4.78 is 0. The van der Waals surface area contributed by atoms with Crippen molar-refractivity contribution in [1.29, 1.82) is 0 Å². The molecule has 2 heterocycles. The zero-order valence-corrected chi connectivity index (χ0v) is 14.4. The molecule has 1 aliphatic carbocycles. The number of benzene rings is 1. The van der Waals surface area contributed by atoms with Crippen molar-refractivity contribution < 1.29 is 14.9 Å². The minimum absolute atomic E-state index is 0.353. The molecule has 1 amide bonds. The standard InChI is InChI=1S/C18H20N6O2/c1-24(15(26)10-25)13-6-4-12(5-7-13)21-18-22-16-14(8-9-19-16)17(23-18)20-11-2-3-11/h4-9,11,25H,2-3,10H2,1H3,(H3,19,20,21,22,23)/p+1. The van der Waals surface area contributed by atoms with Crippen LogP contribution in [0, 0.1) is 0 Å². The lowest BCUT2D eigenvalue weighted by molar-refractivity contribution is -0.345. The maximum Gasteiger partial charge on any atom is 0.351 e. The first-order valence-corrected chi connectivity index (χ1v) is 8.55. The van der Waals surface area contributed by atoms with Crippen LogP contribution in [0.4, 0.5) is 23.1 Å². The van der Waals surface area contributed by atoms with Crippen molar-refractivity contribution in [3.63, 3.8) is 0 Å². The Balaban J connectivity index is 1.55. The summed E-state index contributed by atoms with van der Waals surface area (Å²) >= 11 is 0. The average Bonchev–Trinajstić information content (AvgIpc) is 3.34. The maximum atomic E-state index is 11.6. The number of amides is 1. The second kappa shape index (κ2) is 6.64. The monoisotopic (exact) mass is 353 g/mol. The molecule has 0 aliphatic heterocycles. The van der Waals surface area contributed by atoms with Gasteiger partial charge in [0.05, 0.1) is 17.1 Å². The Morgan fingerprint density at radius 1 is 1.35 bits per heavy atom. The predicted molar refractivity (Wildman–Crippen MR) is 99.5 cm³/mol. The molecule has 8 heteroatoms. The number of fused-ring (bicyclic) bond motifs is 1. The smallest absolute Gasteiger partial charge is 0.351 e. The first-order chi connectivity index (χ1) is 12.6. The number of hydrogen-bond donors (Lipinski definition) is 4. The second-order valence-electron chi connectivity index (χ2n) is 6.40. The zero-order valence-electron chi connectivity index (χ0n) is 14.4. The molecule has 0 unspecified atom stereocenters. The number of carbonyl (C=O) groups is 1. The fraction of sp³-hybridized carbons (Fsp3) is 0.278. The molecule has 0 atom stereocenters. The third kappa shape index (κ3) is 3.31. The second-order valence-corrected chi connectivity index (χ2v) is 6.40. The van der Waals surface area contributed by atoms with Crippen LogP contribution in [0.5, 0.6) is 0 Å². The minimum Gasteiger partial charge on any atom is -0.387 e. The van der Waals surface area contributed by atoms with Crippen LogP contribution in [-0.2, 0) is 4.79 Å². The number of likely N-dealkylation sites (N-methyl/N-ethyl adjacent to an activating group) is 1. The Bertz CT molecular complexity index is 933. The molecule has 26 heavy (non-hydrogen) atoms. The minimum atomic E-state index is -0.512. The van der Waals surface area contributed by atoms with Gasteiger partial charge < -0.3 is 20.3 Å². The Kier molecular flexibility index (Phi) is 4.18. The van der Waals surface area contributed by atoms with Crippen molar-refractivity contribution >= 4 is 40.1 Å². The molecule has 134 valence electrons. The lowest BCUT2D eigenvalue weighted by Gasteiger charge is -2.16. The number of aromatic amines is 2. The van der Waals surface area contributed by atoms with Gasteiger partial charge in [0, 0.05) is 18.9 Å². The fourth-order valence-corrected chi connectivity index (χ4v) is 2.74. The van der Waals surface area contributed by atoms with Gasteiger partial charge in [0.2, 0.25) is 11.5 Å². The van der Waals surface area contributed by atoms with Crippen molar-refractivity contribution in [3.8, 4) is 0 Å². The van der Waals surface area contributed by atoms with Crippen molar-refractivity contribution in [2.75, 3.05) is 29.2 Å². The number of H-pyrrole nitrogens is 2. The number of aliphatic hydroxyl groups excluding tert-OH is 1. The van der Waals surface area contributed by atoms with Crippen LogP contribution < -0.4 is 20.5 Å². The van der Waals surface area contributed by atoms with Gasteiger partial charge in [-0.2, -0.15) is 0 Å². The lowest BCUT2D eigenvalue weighted by atomic mass is 10.2. The maximum absolute atomic E-state index is 11.6. The normalized spacial score (nSPS) is 13.6. The summed E-state index contributed by atoms with van der Waals surface area (Å²) in [6, 6.07) is 9.87. The molecule has 1 aromatic carbocycles. The van der Waals surface area contributed by atoms with E-state index in [2.05, 4.69) is 25.6 Å². The SMILES string of the molecule is CN(C(=O)CO)c1ccc(Nc2nc3[nH]ccc3c(NC3CC3)[nH+]2)cc1. The van der Waals surface area contributed by atoms with Gasteiger partial charge in [-0.3, -0.25) is 10.1 Å². The van der Waals surface area contributed by atoms with Gasteiger partial charge in [0.25, 0.3) is 5.91 Å². The topological polar surface area (TPSA) is 107 Å². The first kappa shape index (κ1) is 16.3. The summed E-state index contributed by atoms with van der Waals surface area (Å²) in [4.78, 5) is 24.0. The Morgan fingerprint density at radius 3 is 2.81 bits per heavy atom. The number of aromatic nitrogens is 3. The number of hydrogen-bond acceptors (Lipinski definition) is 5. The van der Waals surface area contributed by atoms with Gasteiger partial charge >= 0.3 is 5.95 Å². The average molecular weight is 353 g/mol. The molecular formula is C18H21N6O2+. The van der Waals surface area contributed by atoms with E-state index < -0.39 is 6.61 Å². The summed E-state index contributed by atoms with van der Waals surface area (Å²) in [6.07, 6.45) is 4.24. The Morgan fingerprint density at radius 2 is 2.12 bits per heavy atom. The number of nitrogens with zero attached hydrogens (tertiary/aromatic N) is 2. The summed E-state index contributed by atoms with van der Waals surface area (Å²) in [6.45, 7) is -0.512. The van der Waals surface area contributed by atoms with E-state index in [1.165, 1.54) is 17.7 Å². The molecule has 1 aliphatic rings. The van der Waals surface area contributed by atoms with Crippen LogP contribution in [0.3, 0.4) is 0 Å².